The quantitative estimate of drug-likeness (QED) is 0.205. The van der Waals surface area contributed by atoms with Crippen molar-refractivity contribution in [3.8, 4) is 17.1 Å². The summed E-state index contributed by atoms with van der Waals surface area (Å²) >= 11 is 7.26. The van der Waals surface area contributed by atoms with Gasteiger partial charge in [-0.1, -0.05) is 47.8 Å². The number of nitrogens with one attached hydrogen (secondary N) is 2. The van der Waals surface area contributed by atoms with Crippen molar-refractivity contribution >= 4 is 46.0 Å². The van der Waals surface area contributed by atoms with Gasteiger partial charge in [0.15, 0.2) is 5.69 Å². The molecule has 1 amide bonds. The number of nitrogens with zero attached hydrogens (tertiary/aromatic N) is 5. The van der Waals surface area contributed by atoms with Gasteiger partial charge in [-0.05, 0) is 49.7 Å². The van der Waals surface area contributed by atoms with Crippen LogP contribution in [0.5, 0.6) is 0 Å². The molecule has 5 rings (SSSR count). The Morgan fingerprint density at radius 2 is 1.87 bits per heavy atom. The lowest BCUT2D eigenvalue weighted by molar-refractivity contribution is 0.0980. The number of hydrogen-bond acceptors (Lipinski definition) is 7. The second-order valence-electron chi connectivity index (χ2n) is 9.09. The van der Waals surface area contributed by atoms with E-state index in [0.29, 0.717) is 28.0 Å². The average molecular weight is 560 g/mol. The highest BCUT2D eigenvalue weighted by molar-refractivity contribution is 7.97. The fraction of sp³-hybridized carbons (Fsp3) is 0.179. The molecule has 3 heterocycles. The van der Waals surface area contributed by atoms with E-state index in [0.717, 1.165) is 16.8 Å². The Labute approximate surface area is 234 Å². The van der Waals surface area contributed by atoms with E-state index in [4.69, 9.17) is 16.6 Å². The highest BCUT2D eigenvalue weighted by Gasteiger charge is 2.21. The van der Waals surface area contributed by atoms with Gasteiger partial charge in [-0.15, -0.1) is 0 Å². The third-order valence-electron chi connectivity index (χ3n) is 6.33. The lowest BCUT2D eigenvalue weighted by Crippen LogP contribution is -2.22. The van der Waals surface area contributed by atoms with Gasteiger partial charge in [0, 0.05) is 25.1 Å². The highest BCUT2D eigenvalue weighted by Crippen LogP contribution is 2.29. The first-order valence-electron chi connectivity index (χ1n) is 12.1. The molecule has 0 bridgehead atoms. The summed E-state index contributed by atoms with van der Waals surface area (Å²) in [6.45, 7) is 3.89. The Bertz CT molecular complexity index is 1750. The summed E-state index contributed by atoms with van der Waals surface area (Å²) in [6.07, 6.45) is 5.31. The van der Waals surface area contributed by atoms with E-state index in [1.165, 1.54) is 11.9 Å². The van der Waals surface area contributed by atoms with Crippen LogP contribution in [0.15, 0.2) is 71.8 Å². The van der Waals surface area contributed by atoms with Crippen LogP contribution in [0.1, 0.15) is 34.6 Å². The number of hydrogen-bond donors (Lipinski definition) is 2. The van der Waals surface area contributed by atoms with E-state index in [1.807, 2.05) is 62.5 Å². The molecule has 2 aromatic carbocycles. The Morgan fingerprint density at radius 3 is 2.62 bits per heavy atom. The summed E-state index contributed by atoms with van der Waals surface area (Å²) in [6, 6.07) is 16.6. The van der Waals surface area contributed by atoms with Gasteiger partial charge in [0.1, 0.15) is 11.0 Å². The molecule has 0 radical (unpaired) electrons. The molecule has 5 aromatic rings. The predicted octanol–water partition coefficient (Wildman–Crippen LogP) is 5.32. The first kappa shape index (κ1) is 26.5. The molecule has 0 aliphatic heterocycles. The molecule has 0 aliphatic carbocycles. The standard InChI is InChI=1S/C28H26ClN7O2S/c1-16-12-20(17(2)31-22-10-11-23(29)32-25(22)27(37)34-39-4)24-21(13-16)28(38)35(3)26(33-24)18-14-30-36(15-18)19-8-6-5-7-9-19/h5-15,17,31H,1-4H3,(H,34,37). The molecular formula is C28H26ClN7O2S. The number of rotatable bonds is 7. The molecule has 1 atom stereocenters. The van der Waals surface area contributed by atoms with Gasteiger partial charge in [0.05, 0.1) is 40.1 Å². The number of benzene rings is 2. The van der Waals surface area contributed by atoms with Crippen molar-refractivity contribution in [1.82, 2.24) is 29.0 Å². The van der Waals surface area contributed by atoms with Crippen molar-refractivity contribution in [3.05, 3.63) is 99.3 Å². The van der Waals surface area contributed by atoms with Gasteiger partial charge < -0.3 is 5.32 Å². The second kappa shape index (κ2) is 10.9. The third kappa shape index (κ3) is 5.25. The van der Waals surface area contributed by atoms with Crippen LogP contribution < -0.4 is 15.6 Å². The first-order chi connectivity index (χ1) is 18.8. The molecule has 2 N–H and O–H groups in total. The molecule has 198 valence electrons. The molecular weight excluding hydrogens is 534 g/mol. The number of anilines is 1. The van der Waals surface area contributed by atoms with E-state index in [1.54, 1.807) is 40.9 Å². The third-order valence-corrected chi connectivity index (χ3v) is 6.93. The van der Waals surface area contributed by atoms with Crippen LogP contribution in [-0.4, -0.2) is 36.5 Å². The largest absolute Gasteiger partial charge is 0.377 e. The number of aryl methyl sites for hydroxylation is 1. The van der Waals surface area contributed by atoms with E-state index >= 15 is 0 Å². The zero-order valence-electron chi connectivity index (χ0n) is 21.8. The van der Waals surface area contributed by atoms with Crippen LogP contribution in [0.25, 0.3) is 28.0 Å². The summed E-state index contributed by atoms with van der Waals surface area (Å²) in [5.74, 6) is 0.138. The van der Waals surface area contributed by atoms with Crippen molar-refractivity contribution in [1.29, 1.82) is 0 Å². The van der Waals surface area contributed by atoms with E-state index in [9.17, 15) is 9.59 Å². The maximum Gasteiger partial charge on any atom is 0.281 e. The van der Waals surface area contributed by atoms with E-state index in [-0.39, 0.29) is 28.4 Å². The van der Waals surface area contributed by atoms with E-state index < -0.39 is 0 Å². The van der Waals surface area contributed by atoms with Gasteiger partial charge >= 0.3 is 0 Å². The SMILES string of the molecule is CSNC(=O)c1nc(Cl)ccc1NC(C)c1cc(C)cc2c(=O)n(C)c(-c3cnn(-c4ccccc4)c3)nc12. The van der Waals surface area contributed by atoms with Crippen LogP contribution in [0.4, 0.5) is 5.69 Å². The molecule has 11 heteroatoms. The fourth-order valence-corrected chi connectivity index (χ4v) is 4.91. The zero-order chi connectivity index (χ0) is 27.7. The number of pyridine rings is 1. The van der Waals surface area contributed by atoms with Crippen LogP contribution in [0.2, 0.25) is 5.15 Å². The van der Waals surface area contributed by atoms with Crippen molar-refractivity contribution in [2.75, 3.05) is 11.6 Å². The van der Waals surface area contributed by atoms with Gasteiger partial charge in [-0.3, -0.25) is 18.9 Å². The molecule has 0 aliphatic rings. The van der Waals surface area contributed by atoms with Gasteiger partial charge in [0.2, 0.25) is 0 Å². The van der Waals surface area contributed by atoms with Crippen LogP contribution in [0.3, 0.4) is 0 Å². The smallest absolute Gasteiger partial charge is 0.281 e. The number of para-hydroxylation sites is 1. The maximum atomic E-state index is 13.5. The Hall–Kier alpha value is -4.15. The number of fused-ring (bicyclic) bond motifs is 1. The second-order valence-corrected chi connectivity index (χ2v) is 10.1. The summed E-state index contributed by atoms with van der Waals surface area (Å²) in [5.41, 5.74) is 4.46. The summed E-state index contributed by atoms with van der Waals surface area (Å²) < 4.78 is 5.98. The fourth-order valence-electron chi connectivity index (χ4n) is 4.48. The molecule has 0 fully saturated rings. The van der Waals surface area contributed by atoms with Crippen LogP contribution in [0, 0.1) is 6.92 Å². The molecule has 39 heavy (non-hydrogen) atoms. The molecule has 9 nitrogen and oxygen atoms in total. The first-order valence-corrected chi connectivity index (χ1v) is 13.7. The molecule has 0 saturated carbocycles. The number of amides is 1. The van der Waals surface area contributed by atoms with Crippen molar-refractivity contribution < 1.29 is 4.79 Å². The summed E-state index contributed by atoms with van der Waals surface area (Å²) in [5, 5.41) is 8.58. The van der Waals surface area contributed by atoms with Gasteiger partial charge in [0.25, 0.3) is 11.5 Å². The van der Waals surface area contributed by atoms with Crippen LogP contribution in [-0.2, 0) is 7.05 Å². The Morgan fingerprint density at radius 1 is 1.10 bits per heavy atom. The van der Waals surface area contributed by atoms with E-state index in [2.05, 4.69) is 20.1 Å². The highest BCUT2D eigenvalue weighted by atomic mass is 35.5. The summed E-state index contributed by atoms with van der Waals surface area (Å²) in [4.78, 5) is 35.4. The minimum Gasteiger partial charge on any atom is -0.377 e. The topological polar surface area (TPSA) is 107 Å². The Balaban J connectivity index is 1.60. The lowest BCUT2D eigenvalue weighted by Gasteiger charge is -2.20. The number of aromatic nitrogens is 5. The molecule has 1 unspecified atom stereocenters. The van der Waals surface area contributed by atoms with Crippen molar-refractivity contribution in [3.63, 3.8) is 0 Å². The normalized spacial score (nSPS) is 11.9. The van der Waals surface area contributed by atoms with Gasteiger partial charge in [-0.2, -0.15) is 5.10 Å². The maximum absolute atomic E-state index is 13.5. The molecule has 0 spiro atoms. The minimum atomic E-state index is -0.362. The average Bonchev–Trinajstić information content (AvgIpc) is 3.42. The van der Waals surface area contributed by atoms with Crippen molar-refractivity contribution in [2.24, 2.45) is 7.05 Å². The van der Waals surface area contributed by atoms with Crippen LogP contribution >= 0.6 is 23.5 Å². The minimum absolute atomic E-state index is 0.159. The lowest BCUT2D eigenvalue weighted by atomic mass is 10.0. The predicted molar refractivity (Wildman–Crippen MR) is 157 cm³/mol. The molecule has 0 saturated heterocycles. The van der Waals surface area contributed by atoms with Gasteiger partial charge in [-0.25, -0.2) is 14.6 Å². The zero-order valence-corrected chi connectivity index (χ0v) is 23.3. The number of carbonyl (C=O) groups excluding carboxylic acids is 1. The number of carbonyl (C=O) groups is 1. The number of halogens is 1. The monoisotopic (exact) mass is 559 g/mol. The summed E-state index contributed by atoms with van der Waals surface area (Å²) in [7, 11) is 1.71. The van der Waals surface area contributed by atoms with Crippen molar-refractivity contribution in [2.45, 2.75) is 19.9 Å². The molecule has 3 aromatic heterocycles. The Kier molecular flexibility index (Phi) is 7.40.